The van der Waals surface area contributed by atoms with E-state index in [9.17, 15) is 9.59 Å². The number of aromatic nitrogens is 3. The Labute approximate surface area is 145 Å². The number of amides is 2. The van der Waals surface area contributed by atoms with E-state index in [1.807, 2.05) is 12.1 Å². The molecule has 3 rings (SSSR count). The van der Waals surface area contributed by atoms with Crippen molar-refractivity contribution in [3.8, 4) is 0 Å². The zero-order valence-electron chi connectivity index (χ0n) is 14.1. The summed E-state index contributed by atoms with van der Waals surface area (Å²) in [5, 5.41) is 13.0. The Kier molecular flexibility index (Phi) is 5.27. The highest BCUT2D eigenvalue weighted by atomic mass is 16.5. The molecule has 1 aromatic carbocycles. The first-order chi connectivity index (χ1) is 12.2. The molecular formula is C17H21N5O3. The molecule has 1 aliphatic rings. The fraction of sp³-hybridized carbons (Fsp3) is 0.412. The number of esters is 1. The molecule has 0 radical (unpaired) electrons. The molecule has 1 saturated carbocycles. The maximum absolute atomic E-state index is 11.9. The number of rotatable bonds is 6. The number of carbonyl (C=O) groups excluding carboxylic acids is 2. The standard InChI is InChI=1S/C17H21N5O3/c1-25-16(23)15-11-22(21-20-15)10-9-18-17(24)19-14-7-5-13(6-8-14)12-3-2-4-12/h5-8,11-12H,2-4,9-10H2,1H3,(H2,18,19,24). The lowest BCUT2D eigenvalue weighted by atomic mass is 9.80. The number of hydrogen-bond acceptors (Lipinski definition) is 5. The number of urea groups is 1. The number of nitrogens with zero attached hydrogens (tertiary/aromatic N) is 3. The summed E-state index contributed by atoms with van der Waals surface area (Å²) in [5.74, 6) is 0.141. The summed E-state index contributed by atoms with van der Waals surface area (Å²) in [4.78, 5) is 23.2. The van der Waals surface area contributed by atoms with E-state index in [1.54, 1.807) is 0 Å². The van der Waals surface area contributed by atoms with Gasteiger partial charge in [0.15, 0.2) is 5.69 Å². The van der Waals surface area contributed by atoms with Gasteiger partial charge in [-0.1, -0.05) is 23.8 Å². The van der Waals surface area contributed by atoms with Crippen molar-refractivity contribution in [2.75, 3.05) is 19.0 Å². The number of nitrogens with one attached hydrogen (secondary N) is 2. The summed E-state index contributed by atoms with van der Waals surface area (Å²) in [6.07, 6.45) is 5.30. The van der Waals surface area contributed by atoms with Gasteiger partial charge in [-0.15, -0.1) is 5.10 Å². The summed E-state index contributed by atoms with van der Waals surface area (Å²) in [5.41, 5.74) is 2.23. The zero-order chi connectivity index (χ0) is 17.6. The van der Waals surface area contributed by atoms with Crippen LogP contribution in [0.5, 0.6) is 0 Å². The van der Waals surface area contributed by atoms with Gasteiger partial charge in [-0.05, 0) is 36.5 Å². The molecule has 0 saturated heterocycles. The van der Waals surface area contributed by atoms with E-state index in [-0.39, 0.29) is 11.7 Å². The Hall–Kier alpha value is -2.90. The van der Waals surface area contributed by atoms with Crippen LogP contribution < -0.4 is 10.6 Å². The molecule has 1 heterocycles. The topological polar surface area (TPSA) is 98.1 Å². The highest BCUT2D eigenvalue weighted by molar-refractivity contribution is 5.89. The van der Waals surface area contributed by atoms with Crippen LogP contribution in [0.1, 0.15) is 41.2 Å². The molecular weight excluding hydrogens is 322 g/mol. The van der Waals surface area contributed by atoms with Crippen molar-refractivity contribution in [2.24, 2.45) is 0 Å². The van der Waals surface area contributed by atoms with E-state index in [0.717, 1.165) is 5.69 Å². The minimum absolute atomic E-state index is 0.138. The van der Waals surface area contributed by atoms with Crippen molar-refractivity contribution in [2.45, 2.75) is 31.7 Å². The first-order valence-corrected chi connectivity index (χ1v) is 8.29. The summed E-state index contributed by atoms with van der Waals surface area (Å²) in [7, 11) is 1.28. The predicted octanol–water partition coefficient (Wildman–Crippen LogP) is 2.15. The number of carbonyl (C=O) groups is 2. The van der Waals surface area contributed by atoms with Crippen molar-refractivity contribution in [1.82, 2.24) is 20.3 Å². The first-order valence-electron chi connectivity index (χ1n) is 8.29. The molecule has 2 aromatic rings. The van der Waals surface area contributed by atoms with Gasteiger partial charge < -0.3 is 15.4 Å². The van der Waals surface area contributed by atoms with Gasteiger partial charge in [-0.3, -0.25) is 0 Å². The lowest BCUT2D eigenvalue weighted by molar-refractivity contribution is 0.0594. The summed E-state index contributed by atoms with van der Waals surface area (Å²) >= 11 is 0. The zero-order valence-corrected chi connectivity index (χ0v) is 14.1. The van der Waals surface area contributed by atoms with Crippen molar-refractivity contribution < 1.29 is 14.3 Å². The average Bonchev–Trinajstić information content (AvgIpc) is 3.03. The maximum Gasteiger partial charge on any atom is 0.360 e. The molecule has 0 aliphatic heterocycles. The third kappa shape index (κ3) is 4.34. The van der Waals surface area contributed by atoms with Gasteiger partial charge in [0.2, 0.25) is 0 Å². The smallest absolute Gasteiger partial charge is 0.360 e. The lowest BCUT2D eigenvalue weighted by Crippen LogP contribution is -2.31. The lowest BCUT2D eigenvalue weighted by Gasteiger charge is -2.25. The molecule has 132 valence electrons. The second-order valence-corrected chi connectivity index (χ2v) is 5.99. The predicted molar refractivity (Wildman–Crippen MR) is 91.4 cm³/mol. The third-order valence-electron chi connectivity index (χ3n) is 4.30. The third-order valence-corrected chi connectivity index (χ3v) is 4.30. The molecule has 2 N–H and O–H groups in total. The van der Waals surface area contributed by atoms with Gasteiger partial charge in [0.1, 0.15) is 0 Å². The largest absolute Gasteiger partial charge is 0.464 e. The van der Waals surface area contributed by atoms with Crippen molar-refractivity contribution in [3.05, 3.63) is 41.7 Å². The monoisotopic (exact) mass is 343 g/mol. The fourth-order valence-corrected chi connectivity index (χ4v) is 2.65. The Morgan fingerprint density at radius 3 is 2.68 bits per heavy atom. The molecule has 0 bridgehead atoms. The van der Waals surface area contributed by atoms with Crippen LogP contribution in [0.2, 0.25) is 0 Å². The quantitative estimate of drug-likeness (QED) is 0.783. The fourth-order valence-electron chi connectivity index (χ4n) is 2.65. The van der Waals surface area contributed by atoms with Crippen LogP contribution in [0.15, 0.2) is 30.5 Å². The SMILES string of the molecule is COC(=O)c1cn(CCNC(=O)Nc2ccc(C3CCC3)cc2)nn1. The summed E-state index contributed by atoms with van der Waals surface area (Å²) < 4.78 is 6.03. The van der Waals surface area contributed by atoms with Crippen LogP contribution in [-0.4, -0.2) is 40.6 Å². The van der Waals surface area contributed by atoms with Gasteiger partial charge in [0.05, 0.1) is 19.9 Å². The maximum atomic E-state index is 11.9. The number of hydrogen-bond donors (Lipinski definition) is 2. The number of anilines is 1. The molecule has 0 atom stereocenters. The molecule has 1 aromatic heterocycles. The number of ether oxygens (including phenoxy) is 1. The molecule has 8 heteroatoms. The van der Waals surface area contributed by atoms with Gasteiger partial charge in [-0.2, -0.15) is 0 Å². The Morgan fingerprint density at radius 1 is 1.28 bits per heavy atom. The van der Waals surface area contributed by atoms with Gasteiger partial charge in [0.25, 0.3) is 0 Å². The second-order valence-electron chi connectivity index (χ2n) is 5.99. The van der Waals surface area contributed by atoms with Crippen LogP contribution in [0.4, 0.5) is 10.5 Å². The summed E-state index contributed by atoms with van der Waals surface area (Å²) in [6, 6.07) is 7.71. The summed E-state index contributed by atoms with van der Waals surface area (Å²) in [6.45, 7) is 0.758. The molecule has 0 spiro atoms. The van der Waals surface area contributed by atoms with Gasteiger partial charge >= 0.3 is 12.0 Å². The van der Waals surface area contributed by atoms with E-state index in [4.69, 9.17) is 0 Å². The first kappa shape index (κ1) is 16.9. The minimum atomic E-state index is -0.540. The highest BCUT2D eigenvalue weighted by Gasteiger charge is 2.19. The van der Waals surface area contributed by atoms with E-state index in [0.29, 0.717) is 19.0 Å². The van der Waals surface area contributed by atoms with Crippen molar-refractivity contribution >= 4 is 17.7 Å². The molecule has 1 aliphatic carbocycles. The van der Waals surface area contributed by atoms with Crippen molar-refractivity contribution in [3.63, 3.8) is 0 Å². The van der Waals surface area contributed by atoms with E-state index in [1.165, 1.54) is 42.8 Å². The van der Waals surface area contributed by atoms with Crippen LogP contribution in [0.25, 0.3) is 0 Å². The van der Waals surface area contributed by atoms with Crippen LogP contribution in [-0.2, 0) is 11.3 Å². The molecule has 0 unspecified atom stereocenters. The number of benzene rings is 1. The normalized spacial score (nSPS) is 13.8. The van der Waals surface area contributed by atoms with Gasteiger partial charge in [-0.25, -0.2) is 14.3 Å². The van der Waals surface area contributed by atoms with Crippen LogP contribution in [0.3, 0.4) is 0 Å². The Bertz CT molecular complexity index is 737. The number of methoxy groups -OCH3 is 1. The van der Waals surface area contributed by atoms with Gasteiger partial charge in [0, 0.05) is 12.2 Å². The minimum Gasteiger partial charge on any atom is -0.464 e. The second kappa shape index (κ2) is 7.78. The Morgan fingerprint density at radius 2 is 2.04 bits per heavy atom. The highest BCUT2D eigenvalue weighted by Crippen LogP contribution is 2.36. The van der Waals surface area contributed by atoms with E-state index in [2.05, 4.69) is 37.8 Å². The van der Waals surface area contributed by atoms with Crippen LogP contribution >= 0.6 is 0 Å². The molecule has 8 nitrogen and oxygen atoms in total. The molecule has 1 fully saturated rings. The molecule has 25 heavy (non-hydrogen) atoms. The van der Waals surface area contributed by atoms with Crippen molar-refractivity contribution in [1.29, 1.82) is 0 Å². The Balaban J connectivity index is 1.41. The van der Waals surface area contributed by atoms with Crippen LogP contribution in [0, 0.1) is 0 Å². The van der Waals surface area contributed by atoms with E-state index >= 15 is 0 Å². The average molecular weight is 343 g/mol. The molecule has 2 amide bonds. The van der Waals surface area contributed by atoms with E-state index < -0.39 is 5.97 Å².